The van der Waals surface area contributed by atoms with Gasteiger partial charge in [-0.3, -0.25) is 0 Å². The van der Waals surface area contributed by atoms with E-state index in [1.807, 2.05) is 0 Å². The molecule has 0 unspecified atom stereocenters. The largest absolute Gasteiger partial charge is 0.496 e. The molecule has 100 valence electrons. The Morgan fingerprint density at radius 1 is 1.28 bits per heavy atom. The number of hydrogen-bond acceptors (Lipinski definition) is 3. The lowest BCUT2D eigenvalue weighted by molar-refractivity contribution is -0.117. The Labute approximate surface area is 110 Å². The standard InChI is InChI=1S/C15H23NO2/c1-11-8-14(9-12(2)15(11)18-4)10-16-7-5-6-13(3)17/h8-9,16H,5-7,10H2,1-4H3. The summed E-state index contributed by atoms with van der Waals surface area (Å²) >= 11 is 0. The highest BCUT2D eigenvalue weighted by Gasteiger charge is 2.04. The molecule has 1 aromatic carbocycles. The van der Waals surface area contributed by atoms with Crippen LogP contribution in [0, 0.1) is 13.8 Å². The van der Waals surface area contributed by atoms with Gasteiger partial charge in [-0.05, 0) is 50.4 Å². The molecule has 1 rings (SSSR count). The average molecular weight is 249 g/mol. The van der Waals surface area contributed by atoms with E-state index in [0.29, 0.717) is 6.42 Å². The molecule has 3 nitrogen and oxygen atoms in total. The fourth-order valence-electron chi connectivity index (χ4n) is 2.16. The van der Waals surface area contributed by atoms with Crippen molar-refractivity contribution in [2.75, 3.05) is 13.7 Å². The molecule has 0 saturated carbocycles. The maximum atomic E-state index is 10.8. The summed E-state index contributed by atoms with van der Waals surface area (Å²) in [4.78, 5) is 10.8. The molecular formula is C15H23NO2. The first-order valence-corrected chi connectivity index (χ1v) is 6.39. The van der Waals surface area contributed by atoms with E-state index in [-0.39, 0.29) is 5.78 Å². The zero-order valence-electron chi connectivity index (χ0n) is 11.8. The Bertz CT molecular complexity index is 390. The second-order valence-corrected chi connectivity index (χ2v) is 4.75. The van der Waals surface area contributed by atoms with E-state index in [4.69, 9.17) is 4.74 Å². The number of Topliss-reactive ketones (excluding diaryl/α,β-unsaturated/α-hetero) is 1. The van der Waals surface area contributed by atoms with Crippen molar-refractivity contribution < 1.29 is 9.53 Å². The third-order valence-corrected chi connectivity index (χ3v) is 2.94. The van der Waals surface area contributed by atoms with Crippen LogP contribution in [-0.4, -0.2) is 19.4 Å². The summed E-state index contributed by atoms with van der Waals surface area (Å²) < 4.78 is 5.34. The number of carbonyl (C=O) groups excluding carboxylic acids is 1. The van der Waals surface area contributed by atoms with Gasteiger partial charge in [-0.25, -0.2) is 0 Å². The molecule has 0 saturated heterocycles. The van der Waals surface area contributed by atoms with E-state index in [2.05, 4.69) is 31.3 Å². The minimum atomic E-state index is 0.257. The van der Waals surface area contributed by atoms with Crippen LogP contribution in [0.5, 0.6) is 5.75 Å². The van der Waals surface area contributed by atoms with Gasteiger partial charge in [0.1, 0.15) is 11.5 Å². The van der Waals surface area contributed by atoms with Gasteiger partial charge < -0.3 is 14.8 Å². The van der Waals surface area contributed by atoms with Crippen molar-refractivity contribution in [3.05, 3.63) is 28.8 Å². The zero-order valence-corrected chi connectivity index (χ0v) is 11.8. The van der Waals surface area contributed by atoms with Crippen LogP contribution in [0.4, 0.5) is 0 Å². The number of benzene rings is 1. The Balaban J connectivity index is 2.46. The van der Waals surface area contributed by atoms with E-state index in [1.54, 1.807) is 14.0 Å². The van der Waals surface area contributed by atoms with Crippen LogP contribution >= 0.6 is 0 Å². The molecule has 3 heteroatoms. The van der Waals surface area contributed by atoms with Crippen molar-refractivity contribution in [3.8, 4) is 5.75 Å². The van der Waals surface area contributed by atoms with Gasteiger partial charge in [-0.15, -0.1) is 0 Å². The van der Waals surface area contributed by atoms with Crippen molar-refractivity contribution in [2.24, 2.45) is 0 Å². The van der Waals surface area contributed by atoms with Crippen LogP contribution < -0.4 is 10.1 Å². The maximum Gasteiger partial charge on any atom is 0.129 e. The summed E-state index contributed by atoms with van der Waals surface area (Å²) in [5, 5.41) is 3.36. The number of carbonyl (C=O) groups is 1. The third kappa shape index (κ3) is 4.49. The lowest BCUT2D eigenvalue weighted by atomic mass is 10.1. The van der Waals surface area contributed by atoms with E-state index in [1.165, 1.54) is 5.56 Å². The monoisotopic (exact) mass is 249 g/mol. The number of ketones is 1. The summed E-state index contributed by atoms with van der Waals surface area (Å²) in [6.45, 7) is 7.47. The molecule has 1 N–H and O–H groups in total. The fraction of sp³-hybridized carbons (Fsp3) is 0.533. The van der Waals surface area contributed by atoms with Crippen LogP contribution in [0.3, 0.4) is 0 Å². The topological polar surface area (TPSA) is 38.3 Å². The quantitative estimate of drug-likeness (QED) is 0.755. The molecule has 0 atom stereocenters. The minimum Gasteiger partial charge on any atom is -0.496 e. The molecule has 0 aliphatic heterocycles. The number of hydrogen-bond donors (Lipinski definition) is 1. The normalized spacial score (nSPS) is 10.4. The molecule has 0 spiro atoms. The van der Waals surface area contributed by atoms with Crippen molar-refractivity contribution in [3.63, 3.8) is 0 Å². The zero-order chi connectivity index (χ0) is 13.5. The van der Waals surface area contributed by atoms with Gasteiger partial charge in [0.25, 0.3) is 0 Å². The predicted molar refractivity (Wildman–Crippen MR) is 74.1 cm³/mol. The SMILES string of the molecule is COc1c(C)cc(CNCCCC(C)=O)cc1C. The molecule has 0 heterocycles. The molecule has 1 aromatic rings. The van der Waals surface area contributed by atoms with Crippen molar-refractivity contribution >= 4 is 5.78 Å². The Morgan fingerprint density at radius 2 is 1.89 bits per heavy atom. The highest BCUT2D eigenvalue weighted by Crippen LogP contribution is 2.24. The van der Waals surface area contributed by atoms with Crippen molar-refractivity contribution in [1.29, 1.82) is 0 Å². The number of methoxy groups -OCH3 is 1. The minimum absolute atomic E-state index is 0.257. The Morgan fingerprint density at radius 3 is 2.39 bits per heavy atom. The van der Waals surface area contributed by atoms with Crippen LogP contribution in [0.1, 0.15) is 36.5 Å². The lowest BCUT2D eigenvalue weighted by Crippen LogP contribution is -2.15. The Kier molecular flexibility index (Phi) is 5.86. The van der Waals surface area contributed by atoms with Gasteiger partial charge in [-0.1, -0.05) is 12.1 Å². The molecule has 0 aliphatic carbocycles. The summed E-state index contributed by atoms with van der Waals surface area (Å²) in [5.74, 6) is 1.23. The second kappa shape index (κ2) is 7.17. The number of aryl methyl sites for hydroxylation is 2. The maximum absolute atomic E-state index is 10.8. The summed E-state index contributed by atoms with van der Waals surface area (Å²) in [7, 11) is 1.70. The van der Waals surface area contributed by atoms with Gasteiger partial charge in [0.15, 0.2) is 0 Å². The van der Waals surface area contributed by atoms with Crippen LogP contribution in [0.2, 0.25) is 0 Å². The van der Waals surface area contributed by atoms with E-state index in [0.717, 1.165) is 36.4 Å². The first-order valence-electron chi connectivity index (χ1n) is 6.39. The number of rotatable bonds is 7. The van der Waals surface area contributed by atoms with E-state index >= 15 is 0 Å². The van der Waals surface area contributed by atoms with Gasteiger partial charge >= 0.3 is 0 Å². The average Bonchev–Trinajstić information content (AvgIpc) is 2.27. The van der Waals surface area contributed by atoms with Gasteiger partial charge in [0, 0.05) is 13.0 Å². The summed E-state index contributed by atoms with van der Waals surface area (Å²) in [5.41, 5.74) is 3.59. The number of ether oxygens (including phenoxy) is 1. The Hall–Kier alpha value is -1.35. The van der Waals surface area contributed by atoms with Crippen LogP contribution in [0.25, 0.3) is 0 Å². The van der Waals surface area contributed by atoms with Gasteiger partial charge in [0.2, 0.25) is 0 Å². The van der Waals surface area contributed by atoms with Gasteiger partial charge in [0.05, 0.1) is 7.11 Å². The molecule has 0 amide bonds. The van der Waals surface area contributed by atoms with Gasteiger partial charge in [-0.2, -0.15) is 0 Å². The van der Waals surface area contributed by atoms with Crippen LogP contribution in [-0.2, 0) is 11.3 Å². The van der Waals surface area contributed by atoms with Crippen molar-refractivity contribution in [1.82, 2.24) is 5.32 Å². The summed E-state index contributed by atoms with van der Waals surface area (Å²) in [6.07, 6.45) is 1.57. The number of nitrogens with one attached hydrogen (secondary N) is 1. The van der Waals surface area contributed by atoms with E-state index in [9.17, 15) is 4.79 Å². The lowest BCUT2D eigenvalue weighted by Gasteiger charge is -2.11. The first kappa shape index (κ1) is 14.7. The molecule has 0 aliphatic rings. The molecular weight excluding hydrogens is 226 g/mol. The summed E-state index contributed by atoms with van der Waals surface area (Å²) in [6, 6.07) is 4.29. The predicted octanol–water partition coefficient (Wildman–Crippen LogP) is 2.77. The third-order valence-electron chi connectivity index (χ3n) is 2.94. The molecule has 0 bridgehead atoms. The van der Waals surface area contributed by atoms with Crippen LogP contribution in [0.15, 0.2) is 12.1 Å². The van der Waals surface area contributed by atoms with Crippen molar-refractivity contribution in [2.45, 2.75) is 40.2 Å². The molecule has 18 heavy (non-hydrogen) atoms. The fourth-order valence-corrected chi connectivity index (χ4v) is 2.16. The molecule has 0 radical (unpaired) electrons. The highest BCUT2D eigenvalue weighted by molar-refractivity contribution is 5.75. The molecule has 0 fully saturated rings. The second-order valence-electron chi connectivity index (χ2n) is 4.75. The smallest absolute Gasteiger partial charge is 0.129 e. The first-order chi connectivity index (χ1) is 8.54. The van der Waals surface area contributed by atoms with E-state index < -0.39 is 0 Å². The molecule has 0 aromatic heterocycles. The highest BCUT2D eigenvalue weighted by atomic mass is 16.5.